The number of aromatic carboxylic acids is 1. The topological polar surface area (TPSA) is 69.6 Å². The molecule has 6 heteroatoms. The van der Waals surface area contributed by atoms with Gasteiger partial charge in [0.25, 0.3) is 0 Å². The molecule has 0 atom stereocenters. The summed E-state index contributed by atoms with van der Waals surface area (Å²) in [5.41, 5.74) is 0.258. The van der Waals surface area contributed by atoms with Gasteiger partial charge in [0.15, 0.2) is 0 Å². The number of carbonyl (C=O) groups is 2. The second kappa shape index (κ2) is 7.49. The molecule has 0 aliphatic rings. The third-order valence-corrected chi connectivity index (χ3v) is 2.93. The van der Waals surface area contributed by atoms with E-state index in [2.05, 4.69) is 34.4 Å². The van der Waals surface area contributed by atoms with E-state index in [4.69, 9.17) is 5.11 Å². The molecule has 20 heavy (non-hydrogen) atoms. The van der Waals surface area contributed by atoms with E-state index < -0.39 is 12.0 Å². The van der Waals surface area contributed by atoms with Gasteiger partial charge in [-0.05, 0) is 18.2 Å². The molecular weight excluding hydrogens is 324 g/mol. The predicted molar refractivity (Wildman–Crippen MR) is 82.1 cm³/mol. The molecule has 0 saturated carbocycles. The zero-order chi connectivity index (χ0) is 15.1. The molecule has 0 unspecified atom stereocenters. The summed E-state index contributed by atoms with van der Waals surface area (Å²) in [5, 5.41) is 11.7. The smallest absolute Gasteiger partial charge is 0.337 e. The Morgan fingerprint density at radius 3 is 2.40 bits per heavy atom. The summed E-state index contributed by atoms with van der Waals surface area (Å²) in [6.45, 7) is 7.83. The van der Waals surface area contributed by atoms with E-state index in [0.29, 0.717) is 17.6 Å². The van der Waals surface area contributed by atoms with Gasteiger partial charge in [-0.3, -0.25) is 0 Å². The number of halogens is 1. The number of anilines is 1. The molecule has 1 rings (SSSR count). The molecule has 106 valence electrons. The molecule has 5 nitrogen and oxygen atoms in total. The third-order valence-electron chi connectivity index (χ3n) is 2.44. The Kier molecular flexibility index (Phi) is 5.99. The molecule has 0 aliphatic carbocycles. The maximum absolute atomic E-state index is 12.1. The molecule has 0 spiro atoms. The molecule has 0 heterocycles. The number of carboxylic acid groups (broad SMARTS) is 1. The van der Waals surface area contributed by atoms with Gasteiger partial charge >= 0.3 is 12.0 Å². The average Bonchev–Trinajstić information content (AvgIpc) is 2.38. The fourth-order valence-corrected chi connectivity index (χ4v) is 1.91. The molecule has 0 aromatic heterocycles. The van der Waals surface area contributed by atoms with Crippen LogP contribution in [0.1, 0.15) is 10.4 Å². The quantitative estimate of drug-likeness (QED) is 0.781. The highest BCUT2D eigenvalue weighted by Crippen LogP contribution is 2.22. The van der Waals surface area contributed by atoms with Crippen LogP contribution in [0.5, 0.6) is 0 Å². The molecule has 2 N–H and O–H groups in total. The van der Waals surface area contributed by atoms with Crippen molar-refractivity contribution in [1.29, 1.82) is 0 Å². The van der Waals surface area contributed by atoms with Crippen molar-refractivity contribution in [2.45, 2.75) is 0 Å². The summed E-state index contributed by atoms with van der Waals surface area (Å²) in [7, 11) is 0. The zero-order valence-corrected chi connectivity index (χ0v) is 12.4. The maximum Gasteiger partial charge on any atom is 0.337 e. The summed E-state index contributed by atoms with van der Waals surface area (Å²) in [6.07, 6.45) is 3.17. The van der Waals surface area contributed by atoms with Crippen molar-refractivity contribution >= 4 is 33.6 Å². The largest absolute Gasteiger partial charge is 0.478 e. The number of hydrogen-bond donors (Lipinski definition) is 2. The fraction of sp³-hybridized carbons (Fsp3) is 0.143. The number of nitrogens with zero attached hydrogens (tertiary/aromatic N) is 1. The molecular formula is C14H15BrN2O3. The summed E-state index contributed by atoms with van der Waals surface area (Å²) < 4.78 is 0.678. The van der Waals surface area contributed by atoms with E-state index in [1.807, 2.05) is 0 Å². The van der Waals surface area contributed by atoms with Crippen LogP contribution in [-0.4, -0.2) is 35.1 Å². The van der Waals surface area contributed by atoms with Gasteiger partial charge in [0.05, 0.1) is 11.3 Å². The van der Waals surface area contributed by atoms with E-state index in [1.54, 1.807) is 24.3 Å². The van der Waals surface area contributed by atoms with Gasteiger partial charge < -0.3 is 15.3 Å². The van der Waals surface area contributed by atoms with Crippen LogP contribution in [0.2, 0.25) is 0 Å². The minimum absolute atomic E-state index is 0.0266. The van der Waals surface area contributed by atoms with E-state index in [-0.39, 0.29) is 11.3 Å². The first-order chi connectivity index (χ1) is 9.49. The average molecular weight is 339 g/mol. The molecule has 0 aliphatic heterocycles. The maximum atomic E-state index is 12.1. The molecule has 0 bridgehead atoms. The molecule has 0 radical (unpaired) electrons. The second-order valence-corrected chi connectivity index (χ2v) is 4.82. The lowest BCUT2D eigenvalue weighted by atomic mass is 10.2. The Balaban J connectivity index is 2.98. The Labute approximate surface area is 125 Å². The highest BCUT2D eigenvalue weighted by Gasteiger charge is 2.16. The van der Waals surface area contributed by atoms with Crippen LogP contribution in [0.3, 0.4) is 0 Å². The van der Waals surface area contributed by atoms with Gasteiger partial charge in [0.2, 0.25) is 0 Å². The van der Waals surface area contributed by atoms with Crippen LogP contribution in [0.4, 0.5) is 10.5 Å². The van der Waals surface area contributed by atoms with Crippen molar-refractivity contribution in [3.05, 3.63) is 53.5 Å². The first-order valence-electron chi connectivity index (χ1n) is 5.80. The number of nitrogens with one attached hydrogen (secondary N) is 1. The Morgan fingerprint density at radius 2 is 1.90 bits per heavy atom. The normalized spacial score (nSPS) is 9.65. The van der Waals surface area contributed by atoms with Crippen LogP contribution >= 0.6 is 15.9 Å². The van der Waals surface area contributed by atoms with Gasteiger partial charge in [0, 0.05) is 17.6 Å². The van der Waals surface area contributed by atoms with Crippen molar-refractivity contribution < 1.29 is 14.7 Å². The van der Waals surface area contributed by atoms with Crippen molar-refractivity contribution in [2.75, 3.05) is 18.4 Å². The Morgan fingerprint density at radius 1 is 1.30 bits per heavy atom. The van der Waals surface area contributed by atoms with Gasteiger partial charge in [-0.15, -0.1) is 13.2 Å². The predicted octanol–water partition coefficient (Wildman–Crippen LogP) is 3.35. The number of rotatable bonds is 6. The molecule has 0 saturated heterocycles. The van der Waals surface area contributed by atoms with Gasteiger partial charge in [0.1, 0.15) is 0 Å². The van der Waals surface area contributed by atoms with Gasteiger partial charge in [-0.25, -0.2) is 9.59 Å². The lowest BCUT2D eigenvalue weighted by molar-refractivity contribution is 0.0698. The lowest BCUT2D eigenvalue weighted by Gasteiger charge is -2.20. The van der Waals surface area contributed by atoms with Crippen LogP contribution in [0.15, 0.2) is 48.0 Å². The lowest BCUT2D eigenvalue weighted by Crippen LogP contribution is -2.35. The minimum atomic E-state index is -1.10. The molecule has 1 aromatic carbocycles. The van der Waals surface area contributed by atoms with Gasteiger partial charge in [-0.2, -0.15) is 0 Å². The van der Waals surface area contributed by atoms with Crippen LogP contribution in [0, 0.1) is 0 Å². The number of carbonyl (C=O) groups excluding carboxylic acids is 1. The van der Waals surface area contributed by atoms with Crippen molar-refractivity contribution in [2.24, 2.45) is 0 Å². The number of amides is 2. The summed E-state index contributed by atoms with van der Waals surface area (Å²) in [4.78, 5) is 24.7. The first kappa shape index (κ1) is 16.0. The zero-order valence-electron chi connectivity index (χ0n) is 10.8. The van der Waals surface area contributed by atoms with E-state index in [9.17, 15) is 9.59 Å². The summed E-state index contributed by atoms with van der Waals surface area (Å²) in [5.74, 6) is -1.10. The number of carboxylic acids is 1. The standard InChI is InChI=1S/C14H15BrN2O3/c1-3-7-17(8-4-2)14(20)16-12-9-10(15)5-6-11(12)13(18)19/h3-6,9H,1-2,7-8H2,(H,16,20)(H,18,19). The van der Waals surface area contributed by atoms with E-state index in [1.165, 1.54) is 11.0 Å². The van der Waals surface area contributed by atoms with Crippen molar-refractivity contribution in [1.82, 2.24) is 4.90 Å². The van der Waals surface area contributed by atoms with E-state index in [0.717, 1.165) is 0 Å². The van der Waals surface area contributed by atoms with Crippen LogP contribution < -0.4 is 5.32 Å². The number of hydrogen-bond acceptors (Lipinski definition) is 2. The molecule has 0 fully saturated rings. The number of urea groups is 1. The monoisotopic (exact) mass is 338 g/mol. The van der Waals surface area contributed by atoms with Crippen molar-refractivity contribution in [3.8, 4) is 0 Å². The van der Waals surface area contributed by atoms with Gasteiger partial charge in [-0.1, -0.05) is 28.1 Å². The SMILES string of the molecule is C=CCN(CC=C)C(=O)Nc1cc(Br)ccc1C(=O)O. The second-order valence-electron chi connectivity index (χ2n) is 3.91. The highest BCUT2D eigenvalue weighted by molar-refractivity contribution is 9.10. The summed E-state index contributed by atoms with van der Waals surface area (Å²) >= 11 is 3.24. The fourth-order valence-electron chi connectivity index (χ4n) is 1.55. The van der Waals surface area contributed by atoms with Crippen molar-refractivity contribution in [3.63, 3.8) is 0 Å². The van der Waals surface area contributed by atoms with Crippen LogP contribution in [-0.2, 0) is 0 Å². The number of benzene rings is 1. The Hall–Kier alpha value is -2.08. The first-order valence-corrected chi connectivity index (χ1v) is 6.59. The third kappa shape index (κ3) is 4.24. The molecule has 1 aromatic rings. The molecule has 2 amide bonds. The highest BCUT2D eigenvalue weighted by atomic mass is 79.9. The van der Waals surface area contributed by atoms with E-state index >= 15 is 0 Å². The Bertz CT molecular complexity index is 533. The van der Waals surface area contributed by atoms with Crippen LogP contribution in [0.25, 0.3) is 0 Å². The minimum Gasteiger partial charge on any atom is -0.478 e. The summed E-state index contributed by atoms with van der Waals surface area (Å²) in [6, 6.07) is 4.16.